The number of rotatable bonds is 7. The Morgan fingerprint density at radius 1 is 1.13 bits per heavy atom. The lowest BCUT2D eigenvalue weighted by molar-refractivity contribution is 0.0394. The molecule has 166 valence electrons. The van der Waals surface area contributed by atoms with Crippen LogP contribution < -0.4 is 10.6 Å². The Bertz CT molecular complexity index is 871. The van der Waals surface area contributed by atoms with E-state index in [-0.39, 0.29) is 5.91 Å². The number of nitrogens with one attached hydrogen (secondary N) is 2. The summed E-state index contributed by atoms with van der Waals surface area (Å²) in [4.78, 5) is 19.8. The number of aryl methyl sites for hydroxylation is 1. The molecule has 3 rings (SSSR count). The minimum absolute atomic E-state index is 0.166. The van der Waals surface area contributed by atoms with Crippen molar-refractivity contribution in [1.82, 2.24) is 10.2 Å². The third-order valence-electron chi connectivity index (χ3n) is 5.46. The van der Waals surface area contributed by atoms with E-state index in [1.807, 2.05) is 36.4 Å². The number of aliphatic imine (C=N–C) groups is 1. The van der Waals surface area contributed by atoms with Crippen molar-refractivity contribution in [3.05, 3.63) is 65.2 Å². The molecule has 31 heavy (non-hydrogen) atoms. The zero-order valence-electron chi connectivity index (χ0n) is 18.9. The fourth-order valence-corrected chi connectivity index (χ4v) is 3.42. The summed E-state index contributed by atoms with van der Waals surface area (Å²) in [6.45, 7) is 11.2. The fourth-order valence-electron chi connectivity index (χ4n) is 3.42. The van der Waals surface area contributed by atoms with E-state index in [1.54, 1.807) is 0 Å². The van der Waals surface area contributed by atoms with Gasteiger partial charge in [-0.2, -0.15) is 0 Å². The number of nitrogens with zero attached hydrogens (tertiary/aromatic N) is 2. The number of morpholine rings is 1. The molecular weight excluding hydrogens is 388 g/mol. The number of amides is 1. The van der Waals surface area contributed by atoms with Crippen molar-refractivity contribution in [3.63, 3.8) is 0 Å². The lowest BCUT2D eigenvalue weighted by Gasteiger charge is -2.25. The first-order chi connectivity index (χ1) is 15.0. The second-order valence-corrected chi connectivity index (χ2v) is 8.09. The van der Waals surface area contributed by atoms with Gasteiger partial charge in [-0.05, 0) is 47.7 Å². The van der Waals surface area contributed by atoms with Crippen LogP contribution in [0.4, 0.5) is 5.69 Å². The highest BCUT2D eigenvalue weighted by atomic mass is 16.5. The van der Waals surface area contributed by atoms with E-state index in [4.69, 9.17) is 4.74 Å². The van der Waals surface area contributed by atoms with Gasteiger partial charge in [0.05, 0.1) is 19.8 Å². The Morgan fingerprint density at radius 3 is 2.55 bits per heavy atom. The van der Waals surface area contributed by atoms with E-state index in [1.165, 1.54) is 11.1 Å². The zero-order chi connectivity index (χ0) is 22.1. The third-order valence-corrected chi connectivity index (χ3v) is 5.46. The van der Waals surface area contributed by atoms with Gasteiger partial charge in [-0.1, -0.05) is 45.0 Å². The molecule has 0 aliphatic carbocycles. The molecule has 0 spiro atoms. The van der Waals surface area contributed by atoms with Crippen LogP contribution in [0.25, 0.3) is 0 Å². The van der Waals surface area contributed by atoms with Crippen LogP contribution >= 0.6 is 0 Å². The van der Waals surface area contributed by atoms with E-state index in [0.717, 1.165) is 45.0 Å². The van der Waals surface area contributed by atoms with E-state index >= 15 is 0 Å². The number of guanidine groups is 1. The molecule has 1 amide bonds. The number of hydrogen-bond donors (Lipinski definition) is 2. The van der Waals surface area contributed by atoms with Crippen molar-refractivity contribution in [3.8, 4) is 0 Å². The second kappa shape index (κ2) is 11.6. The fraction of sp³-hybridized carbons (Fsp3) is 0.440. The highest BCUT2D eigenvalue weighted by molar-refractivity contribution is 6.10. The summed E-state index contributed by atoms with van der Waals surface area (Å²) in [7, 11) is 0. The predicted octanol–water partition coefficient (Wildman–Crippen LogP) is 3.90. The molecule has 0 atom stereocenters. The van der Waals surface area contributed by atoms with Gasteiger partial charge >= 0.3 is 0 Å². The molecule has 0 unspecified atom stereocenters. The predicted molar refractivity (Wildman–Crippen MR) is 127 cm³/mol. The molecule has 2 N–H and O–H groups in total. The molecule has 1 fully saturated rings. The van der Waals surface area contributed by atoms with Crippen molar-refractivity contribution >= 4 is 17.6 Å². The van der Waals surface area contributed by atoms with Crippen LogP contribution in [0.1, 0.15) is 48.2 Å². The van der Waals surface area contributed by atoms with Crippen molar-refractivity contribution < 1.29 is 9.53 Å². The maximum atomic E-state index is 12.8. The first-order valence-electron chi connectivity index (χ1n) is 11.2. The minimum Gasteiger partial charge on any atom is -0.379 e. The molecule has 6 nitrogen and oxygen atoms in total. The van der Waals surface area contributed by atoms with E-state index in [9.17, 15) is 4.79 Å². The van der Waals surface area contributed by atoms with Crippen molar-refractivity contribution in [2.24, 2.45) is 4.99 Å². The van der Waals surface area contributed by atoms with E-state index in [0.29, 0.717) is 24.0 Å². The number of anilines is 1. The molecule has 1 aliphatic heterocycles. The minimum atomic E-state index is -0.166. The van der Waals surface area contributed by atoms with Crippen molar-refractivity contribution in [1.29, 1.82) is 0 Å². The number of hydrogen-bond acceptors (Lipinski definition) is 4. The second-order valence-electron chi connectivity index (χ2n) is 8.09. The van der Waals surface area contributed by atoms with Gasteiger partial charge in [-0.25, -0.2) is 0 Å². The van der Waals surface area contributed by atoms with Crippen LogP contribution in [0.2, 0.25) is 0 Å². The highest BCUT2D eigenvalue weighted by Crippen LogP contribution is 2.18. The molecule has 2 aromatic rings. The molecule has 2 aromatic carbocycles. The Labute approximate surface area is 185 Å². The number of carbonyl (C=O) groups is 1. The smallest absolute Gasteiger partial charge is 0.257 e. The maximum Gasteiger partial charge on any atom is 0.257 e. The number of benzene rings is 2. The van der Waals surface area contributed by atoms with Crippen molar-refractivity contribution in [2.75, 3.05) is 44.7 Å². The van der Waals surface area contributed by atoms with Gasteiger partial charge in [-0.15, -0.1) is 0 Å². The quantitative estimate of drug-likeness (QED) is 0.525. The molecular formula is C25H34N4O2. The summed E-state index contributed by atoms with van der Waals surface area (Å²) >= 11 is 0. The molecule has 0 aromatic heterocycles. The lowest BCUT2D eigenvalue weighted by atomic mass is 10.0. The monoisotopic (exact) mass is 422 g/mol. The van der Waals surface area contributed by atoms with Crippen LogP contribution in [0.15, 0.2) is 53.5 Å². The normalized spacial score (nSPS) is 15.2. The molecule has 0 radical (unpaired) electrons. The average Bonchev–Trinajstić information content (AvgIpc) is 2.80. The van der Waals surface area contributed by atoms with Gasteiger partial charge in [0.1, 0.15) is 0 Å². The first-order valence-corrected chi connectivity index (χ1v) is 11.2. The van der Waals surface area contributed by atoms with Crippen LogP contribution in [0, 0.1) is 0 Å². The SMILES string of the molecule is CCc1ccc(C(=O)NC(=NCCN2CCOCC2)Nc2cccc(C(C)C)c2)cc1. The maximum absolute atomic E-state index is 12.8. The molecule has 1 saturated heterocycles. The zero-order valence-corrected chi connectivity index (χ0v) is 18.9. The van der Waals surface area contributed by atoms with Crippen molar-refractivity contribution in [2.45, 2.75) is 33.1 Å². The Morgan fingerprint density at radius 2 is 1.87 bits per heavy atom. The van der Waals surface area contributed by atoms with Gasteiger partial charge < -0.3 is 10.1 Å². The van der Waals surface area contributed by atoms with Crippen LogP contribution in [0.5, 0.6) is 0 Å². The molecule has 0 saturated carbocycles. The lowest BCUT2D eigenvalue weighted by Crippen LogP contribution is -2.39. The van der Waals surface area contributed by atoms with Gasteiger partial charge in [0.2, 0.25) is 5.96 Å². The third kappa shape index (κ3) is 7.19. The standard InChI is InChI=1S/C25H34N4O2/c1-4-20-8-10-21(11-9-20)24(30)28-25(26-12-13-29-14-16-31-17-15-29)27-23-7-5-6-22(18-23)19(2)3/h5-11,18-19H,4,12-17H2,1-3H3,(H2,26,27,28,30). The molecule has 1 aliphatic rings. The van der Waals surface area contributed by atoms with Crippen LogP contribution in [-0.4, -0.2) is 56.2 Å². The average molecular weight is 423 g/mol. The largest absolute Gasteiger partial charge is 0.379 e. The highest BCUT2D eigenvalue weighted by Gasteiger charge is 2.12. The van der Waals surface area contributed by atoms with Crippen LogP contribution in [-0.2, 0) is 11.2 Å². The van der Waals surface area contributed by atoms with Gasteiger partial charge in [0.25, 0.3) is 5.91 Å². The Kier molecular flexibility index (Phi) is 8.62. The summed E-state index contributed by atoms with van der Waals surface area (Å²) in [5.41, 5.74) is 3.98. The molecule has 0 bridgehead atoms. The summed E-state index contributed by atoms with van der Waals surface area (Å²) in [6, 6.07) is 15.9. The van der Waals surface area contributed by atoms with E-state index < -0.39 is 0 Å². The number of ether oxygens (including phenoxy) is 1. The van der Waals surface area contributed by atoms with E-state index in [2.05, 4.69) is 53.4 Å². The Hall–Kier alpha value is -2.70. The molecule has 6 heteroatoms. The summed E-state index contributed by atoms with van der Waals surface area (Å²) < 4.78 is 5.41. The first kappa shape index (κ1) is 23.0. The summed E-state index contributed by atoms with van der Waals surface area (Å²) in [6.07, 6.45) is 0.948. The molecule has 1 heterocycles. The van der Waals surface area contributed by atoms with Gasteiger partial charge in [0.15, 0.2) is 0 Å². The summed E-state index contributed by atoms with van der Waals surface area (Å²) in [5.74, 6) is 0.731. The van der Waals surface area contributed by atoms with Gasteiger partial charge in [-0.3, -0.25) is 20.0 Å². The summed E-state index contributed by atoms with van der Waals surface area (Å²) in [5, 5.41) is 6.27. The van der Waals surface area contributed by atoms with Crippen LogP contribution in [0.3, 0.4) is 0 Å². The van der Waals surface area contributed by atoms with Gasteiger partial charge in [0, 0.05) is 30.9 Å². The Balaban J connectivity index is 1.71. The number of carbonyl (C=O) groups excluding carboxylic acids is 1. The topological polar surface area (TPSA) is 66.0 Å².